The molecule has 1 unspecified atom stereocenters. The van der Waals surface area contributed by atoms with Crippen molar-refractivity contribution in [2.45, 2.75) is 12.3 Å². The number of ether oxygens (including phenoxy) is 1. The van der Waals surface area contributed by atoms with Gasteiger partial charge in [-0.25, -0.2) is 8.78 Å². The summed E-state index contributed by atoms with van der Waals surface area (Å²) >= 11 is 0. The molecular weight excluding hydrogens is 452 g/mol. The van der Waals surface area contributed by atoms with Crippen LogP contribution < -0.4 is 15.4 Å². The van der Waals surface area contributed by atoms with E-state index in [0.717, 1.165) is 39.9 Å². The molecule has 8 heteroatoms. The SMILES string of the molecule is COc1ccc(C(CNC(=O)CCNC(=O)c2ccc(F)cc2F)c2c[nH]c3ccccc23)cc1. The van der Waals surface area contributed by atoms with Crippen LogP contribution in [0.5, 0.6) is 5.75 Å². The number of rotatable bonds is 9. The Hall–Kier alpha value is -4.20. The molecule has 0 bridgehead atoms. The fourth-order valence-electron chi connectivity index (χ4n) is 3.99. The number of hydrogen-bond donors (Lipinski definition) is 3. The van der Waals surface area contributed by atoms with Crippen molar-refractivity contribution in [1.82, 2.24) is 15.6 Å². The number of amides is 2. The van der Waals surface area contributed by atoms with Crippen molar-refractivity contribution in [3.05, 3.63) is 101 Å². The summed E-state index contributed by atoms with van der Waals surface area (Å²) in [6.07, 6.45) is 1.96. The number of nitrogens with one attached hydrogen (secondary N) is 3. The van der Waals surface area contributed by atoms with Gasteiger partial charge in [-0.1, -0.05) is 30.3 Å². The summed E-state index contributed by atoms with van der Waals surface area (Å²) in [6.45, 7) is 0.356. The number of para-hydroxylation sites is 1. The van der Waals surface area contributed by atoms with E-state index in [9.17, 15) is 18.4 Å². The predicted octanol–water partition coefficient (Wildman–Crippen LogP) is 4.52. The molecule has 2 amide bonds. The molecule has 0 aliphatic rings. The van der Waals surface area contributed by atoms with Gasteiger partial charge in [0.1, 0.15) is 17.4 Å². The molecule has 0 fully saturated rings. The Morgan fingerprint density at radius 1 is 1.00 bits per heavy atom. The van der Waals surface area contributed by atoms with Gasteiger partial charge < -0.3 is 20.4 Å². The zero-order valence-electron chi connectivity index (χ0n) is 19.1. The molecule has 3 N–H and O–H groups in total. The fourth-order valence-corrected chi connectivity index (χ4v) is 3.99. The highest BCUT2D eigenvalue weighted by Crippen LogP contribution is 2.31. The summed E-state index contributed by atoms with van der Waals surface area (Å²) in [5, 5.41) is 6.49. The van der Waals surface area contributed by atoms with Crippen LogP contribution in [0.25, 0.3) is 10.9 Å². The van der Waals surface area contributed by atoms with Crippen molar-refractivity contribution >= 4 is 22.7 Å². The van der Waals surface area contributed by atoms with Crippen LogP contribution in [0.3, 0.4) is 0 Å². The van der Waals surface area contributed by atoms with Gasteiger partial charge in [0, 0.05) is 48.6 Å². The van der Waals surface area contributed by atoms with E-state index in [1.54, 1.807) is 7.11 Å². The van der Waals surface area contributed by atoms with Crippen LogP contribution in [0.1, 0.15) is 33.8 Å². The number of hydrogen-bond acceptors (Lipinski definition) is 3. The van der Waals surface area contributed by atoms with Gasteiger partial charge in [-0.15, -0.1) is 0 Å². The van der Waals surface area contributed by atoms with Crippen LogP contribution in [0.4, 0.5) is 8.78 Å². The number of aromatic amines is 1. The Labute approximate surface area is 201 Å². The number of methoxy groups -OCH3 is 1. The first-order chi connectivity index (χ1) is 17.0. The molecule has 4 aromatic rings. The average molecular weight is 478 g/mol. The Bertz CT molecular complexity index is 1340. The van der Waals surface area contributed by atoms with Crippen molar-refractivity contribution in [1.29, 1.82) is 0 Å². The van der Waals surface area contributed by atoms with E-state index in [1.165, 1.54) is 0 Å². The van der Waals surface area contributed by atoms with Gasteiger partial charge in [0.05, 0.1) is 12.7 Å². The van der Waals surface area contributed by atoms with Crippen LogP contribution in [-0.4, -0.2) is 37.0 Å². The van der Waals surface area contributed by atoms with E-state index in [-0.39, 0.29) is 30.4 Å². The van der Waals surface area contributed by atoms with Crippen molar-refractivity contribution in [2.24, 2.45) is 0 Å². The summed E-state index contributed by atoms with van der Waals surface area (Å²) in [4.78, 5) is 27.9. The summed E-state index contributed by atoms with van der Waals surface area (Å²) in [7, 11) is 1.61. The van der Waals surface area contributed by atoms with Crippen LogP contribution in [0.2, 0.25) is 0 Å². The van der Waals surface area contributed by atoms with E-state index in [0.29, 0.717) is 12.6 Å². The molecule has 0 aliphatic carbocycles. The van der Waals surface area contributed by atoms with Crippen molar-refractivity contribution in [2.75, 3.05) is 20.2 Å². The molecule has 4 rings (SSSR count). The minimum atomic E-state index is -0.951. The van der Waals surface area contributed by atoms with Gasteiger partial charge in [-0.2, -0.15) is 0 Å². The van der Waals surface area contributed by atoms with Crippen molar-refractivity contribution in [3.63, 3.8) is 0 Å². The number of H-pyrrole nitrogens is 1. The molecule has 6 nitrogen and oxygen atoms in total. The smallest absolute Gasteiger partial charge is 0.254 e. The topological polar surface area (TPSA) is 83.2 Å². The third-order valence-electron chi connectivity index (χ3n) is 5.83. The van der Waals surface area contributed by atoms with Crippen LogP contribution >= 0.6 is 0 Å². The van der Waals surface area contributed by atoms with Crippen LogP contribution in [0, 0.1) is 11.6 Å². The fraction of sp³-hybridized carbons (Fsp3) is 0.185. The summed E-state index contributed by atoms with van der Waals surface area (Å²) in [5.74, 6) is -2.06. The highest BCUT2D eigenvalue weighted by molar-refractivity contribution is 5.94. The van der Waals surface area contributed by atoms with Gasteiger partial charge in [0.15, 0.2) is 0 Å². The first kappa shape index (κ1) is 23.9. The zero-order chi connectivity index (χ0) is 24.8. The Balaban J connectivity index is 1.41. The van der Waals surface area contributed by atoms with E-state index in [2.05, 4.69) is 15.6 Å². The van der Waals surface area contributed by atoms with Crippen LogP contribution in [0.15, 0.2) is 72.9 Å². The maximum absolute atomic E-state index is 13.8. The van der Waals surface area contributed by atoms with E-state index in [4.69, 9.17) is 4.74 Å². The van der Waals surface area contributed by atoms with Crippen molar-refractivity contribution in [3.8, 4) is 5.75 Å². The molecule has 35 heavy (non-hydrogen) atoms. The van der Waals surface area contributed by atoms with E-state index >= 15 is 0 Å². The number of carbonyl (C=O) groups excluding carboxylic acids is 2. The maximum atomic E-state index is 13.8. The quantitative estimate of drug-likeness (QED) is 0.331. The standard InChI is InChI=1S/C27H25F2N3O3/c1-35-19-9-6-17(7-10-19)22(23-16-31-25-5-3-2-4-20(23)25)15-32-26(33)12-13-30-27(34)21-11-8-18(28)14-24(21)29/h2-11,14,16,22,31H,12-13,15H2,1H3,(H,30,34)(H,32,33). The largest absolute Gasteiger partial charge is 0.497 e. The third-order valence-corrected chi connectivity index (χ3v) is 5.83. The average Bonchev–Trinajstić information content (AvgIpc) is 3.28. The number of fused-ring (bicyclic) bond motifs is 1. The van der Waals surface area contributed by atoms with Gasteiger partial charge >= 0.3 is 0 Å². The minimum Gasteiger partial charge on any atom is -0.497 e. The lowest BCUT2D eigenvalue weighted by Crippen LogP contribution is -2.33. The number of aromatic nitrogens is 1. The Kier molecular flexibility index (Phi) is 7.40. The number of halogens is 2. The first-order valence-electron chi connectivity index (χ1n) is 11.2. The molecule has 0 radical (unpaired) electrons. The Morgan fingerprint density at radius 3 is 2.51 bits per heavy atom. The second-order valence-corrected chi connectivity index (χ2v) is 8.05. The molecule has 0 saturated carbocycles. The molecule has 3 aromatic carbocycles. The zero-order valence-corrected chi connectivity index (χ0v) is 19.1. The molecule has 0 aliphatic heterocycles. The monoisotopic (exact) mass is 477 g/mol. The summed E-state index contributed by atoms with van der Waals surface area (Å²) in [5.41, 5.74) is 2.79. The van der Waals surface area contributed by atoms with Gasteiger partial charge in [-0.05, 0) is 41.5 Å². The lowest BCUT2D eigenvalue weighted by atomic mass is 9.90. The predicted molar refractivity (Wildman–Crippen MR) is 129 cm³/mol. The summed E-state index contributed by atoms with van der Waals surface area (Å²) in [6, 6.07) is 18.4. The maximum Gasteiger partial charge on any atom is 0.254 e. The number of benzene rings is 3. The normalized spacial score (nSPS) is 11.7. The second-order valence-electron chi connectivity index (χ2n) is 8.05. The molecule has 0 spiro atoms. The molecule has 1 aromatic heterocycles. The highest BCUT2D eigenvalue weighted by atomic mass is 19.1. The van der Waals surface area contributed by atoms with E-state index < -0.39 is 17.5 Å². The first-order valence-corrected chi connectivity index (χ1v) is 11.2. The van der Waals surface area contributed by atoms with Gasteiger partial charge in [0.25, 0.3) is 5.91 Å². The Morgan fingerprint density at radius 2 is 1.77 bits per heavy atom. The third kappa shape index (κ3) is 5.66. The van der Waals surface area contributed by atoms with Gasteiger partial charge in [-0.3, -0.25) is 9.59 Å². The molecule has 1 heterocycles. The van der Waals surface area contributed by atoms with E-state index in [1.807, 2.05) is 54.7 Å². The minimum absolute atomic E-state index is 0.0117. The highest BCUT2D eigenvalue weighted by Gasteiger charge is 2.19. The summed E-state index contributed by atoms with van der Waals surface area (Å²) < 4.78 is 32.1. The number of carbonyl (C=O) groups is 2. The molecular formula is C27H25F2N3O3. The second kappa shape index (κ2) is 10.8. The lowest BCUT2D eigenvalue weighted by Gasteiger charge is -2.19. The van der Waals surface area contributed by atoms with Gasteiger partial charge in [0.2, 0.25) is 5.91 Å². The molecule has 180 valence electrons. The lowest BCUT2D eigenvalue weighted by molar-refractivity contribution is -0.120. The molecule has 0 saturated heterocycles. The van der Waals surface area contributed by atoms with Crippen molar-refractivity contribution < 1.29 is 23.1 Å². The van der Waals surface area contributed by atoms with Crippen LogP contribution in [-0.2, 0) is 4.79 Å². The molecule has 1 atom stereocenters.